The molecule has 1 aromatic carbocycles. The number of hydrogen-bond acceptors (Lipinski definition) is 4. The first-order valence-electron chi connectivity index (χ1n) is 8.78. The second-order valence-electron chi connectivity index (χ2n) is 6.47. The number of aromatic nitrogens is 1. The molecule has 1 fully saturated rings. The molecule has 3 rings (SSSR count). The molecule has 134 valence electrons. The fourth-order valence-corrected chi connectivity index (χ4v) is 3.10. The Morgan fingerprint density at radius 3 is 2.60 bits per heavy atom. The maximum atomic E-state index is 13.0. The van der Waals surface area contributed by atoms with Gasteiger partial charge in [0.15, 0.2) is 5.69 Å². The zero-order valence-electron chi connectivity index (χ0n) is 14.4. The molecule has 1 heterocycles. The number of carbonyl (C=O) groups excluding carboxylic acids is 1. The highest BCUT2D eigenvalue weighted by molar-refractivity contribution is 5.93. The molecule has 0 unspecified atom stereocenters. The molecule has 5 nitrogen and oxygen atoms in total. The summed E-state index contributed by atoms with van der Waals surface area (Å²) < 4.78 is 23.8. The van der Waals surface area contributed by atoms with Crippen LogP contribution in [0.25, 0.3) is 0 Å². The SMILES string of the molecule is Cc1onc(C(=O)NC2CCCCCC2)c1COc1ccc(F)cc1. The van der Waals surface area contributed by atoms with Crippen molar-refractivity contribution in [1.29, 1.82) is 0 Å². The number of aryl methyl sites for hydroxylation is 1. The molecular formula is C19H23FN2O3. The van der Waals surface area contributed by atoms with E-state index in [1.807, 2.05) is 0 Å². The third-order valence-electron chi connectivity index (χ3n) is 4.59. The van der Waals surface area contributed by atoms with Crippen LogP contribution in [0.3, 0.4) is 0 Å². The Kier molecular flexibility index (Phi) is 5.68. The summed E-state index contributed by atoms with van der Waals surface area (Å²) in [6, 6.07) is 5.94. The van der Waals surface area contributed by atoms with Crippen molar-refractivity contribution in [3.63, 3.8) is 0 Å². The lowest BCUT2D eigenvalue weighted by Crippen LogP contribution is -2.35. The lowest BCUT2D eigenvalue weighted by atomic mass is 10.1. The van der Waals surface area contributed by atoms with E-state index in [0.29, 0.717) is 17.1 Å². The number of ether oxygens (including phenoxy) is 1. The second-order valence-corrected chi connectivity index (χ2v) is 6.47. The molecule has 1 aliphatic rings. The van der Waals surface area contributed by atoms with Crippen LogP contribution in [0.5, 0.6) is 5.75 Å². The van der Waals surface area contributed by atoms with Gasteiger partial charge in [0, 0.05) is 6.04 Å². The van der Waals surface area contributed by atoms with Crippen LogP contribution in [0.15, 0.2) is 28.8 Å². The van der Waals surface area contributed by atoms with Crippen molar-refractivity contribution in [3.05, 3.63) is 47.1 Å². The first-order chi connectivity index (χ1) is 12.1. The van der Waals surface area contributed by atoms with Gasteiger partial charge in [0.25, 0.3) is 5.91 Å². The smallest absolute Gasteiger partial charge is 0.274 e. The highest BCUT2D eigenvalue weighted by Crippen LogP contribution is 2.20. The molecule has 0 spiro atoms. The average Bonchev–Trinajstić information content (AvgIpc) is 2.80. The molecule has 2 aromatic rings. The van der Waals surface area contributed by atoms with E-state index in [4.69, 9.17) is 9.26 Å². The van der Waals surface area contributed by atoms with Crippen molar-refractivity contribution in [2.24, 2.45) is 0 Å². The number of carbonyl (C=O) groups is 1. The Morgan fingerprint density at radius 2 is 1.92 bits per heavy atom. The van der Waals surface area contributed by atoms with Gasteiger partial charge in [-0.1, -0.05) is 30.8 Å². The van der Waals surface area contributed by atoms with Crippen molar-refractivity contribution in [3.8, 4) is 5.75 Å². The Labute approximate surface area is 146 Å². The van der Waals surface area contributed by atoms with E-state index >= 15 is 0 Å². The Bertz CT molecular complexity index is 704. The predicted octanol–water partition coefficient (Wildman–Crippen LogP) is 4.15. The summed E-state index contributed by atoms with van der Waals surface area (Å²) in [4.78, 5) is 12.6. The quantitative estimate of drug-likeness (QED) is 0.826. The van der Waals surface area contributed by atoms with E-state index < -0.39 is 0 Å². The minimum absolute atomic E-state index is 0.147. The van der Waals surface area contributed by atoms with Crippen LogP contribution in [-0.2, 0) is 6.61 Å². The van der Waals surface area contributed by atoms with Gasteiger partial charge in [0.05, 0.1) is 5.56 Å². The molecule has 25 heavy (non-hydrogen) atoms. The summed E-state index contributed by atoms with van der Waals surface area (Å²) in [6.45, 7) is 1.90. The van der Waals surface area contributed by atoms with E-state index in [1.165, 1.54) is 25.0 Å². The Hall–Kier alpha value is -2.37. The molecule has 1 amide bonds. The zero-order valence-corrected chi connectivity index (χ0v) is 14.4. The summed E-state index contributed by atoms with van der Waals surface area (Å²) in [5, 5.41) is 6.97. The van der Waals surface area contributed by atoms with Crippen molar-refractivity contribution in [2.75, 3.05) is 0 Å². The van der Waals surface area contributed by atoms with Gasteiger partial charge in [-0.2, -0.15) is 0 Å². The standard InChI is InChI=1S/C19H23FN2O3/c1-13-17(12-24-16-10-8-14(20)9-11-16)18(22-25-13)19(23)21-15-6-4-2-3-5-7-15/h8-11,15H,2-7,12H2,1H3,(H,21,23). The van der Waals surface area contributed by atoms with Gasteiger partial charge in [0.2, 0.25) is 0 Å². The van der Waals surface area contributed by atoms with Crippen LogP contribution in [0.2, 0.25) is 0 Å². The number of hydrogen-bond donors (Lipinski definition) is 1. The molecule has 0 radical (unpaired) electrons. The van der Waals surface area contributed by atoms with Crippen LogP contribution >= 0.6 is 0 Å². The lowest BCUT2D eigenvalue weighted by Gasteiger charge is -2.15. The van der Waals surface area contributed by atoms with Crippen molar-refractivity contribution in [1.82, 2.24) is 10.5 Å². The monoisotopic (exact) mass is 346 g/mol. The second kappa shape index (κ2) is 8.14. The van der Waals surface area contributed by atoms with Gasteiger partial charge in [0.1, 0.15) is 23.9 Å². The summed E-state index contributed by atoms with van der Waals surface area (Å²) in [6.07, 6.45) is 6.75. The lowest BCUT2D eigenvalue weighted by molar-refractivity contribution is 0.0922. The summed E-state index contributed by atoms with van der Waals surface area (Å²) >= 11 is 0. The summed E-state index contributed by atoms with van der Waals surface area (Å²) in [5.41, 5.74) is 0.888. The molecule has 0 aliphatic heterocycles. The zero-order chi connectivity index (χ0) is 17.6. The van der Waals surface area contributed by atoms with E-state index in [9.17, 15) is 9.18 Å². The number of nitrogens with one attached hydrogen (secondary N) is 1. The van der Waals surface area contributed by atoms with Crippen molar-refractivity contribution >= 4 is 5.91 Å². The fraction of sp³-hybridized carbons (Fsp3) is 0.474. The van der Waals surface area contributed by atoms with Gasteiger partial charge >= 0.3 is 0 Å². The largest absolute Gasteiger partial charge is 0.489 e. The number of halogens is 1. The van der Waals surface area contributed by atoms with E-state index in [-0.39, 0.29) is 30.1 Å². The van der Waals surface area contributed by atoms with Crippen LogP contribution in [0.1, 0.15) is 60.3 Å². The number of nitrogens with zero attached hydrogens (tertiary/aromatic N) is 1. The van der Waals surface area contributed by atoms with E-state index in [2.05, 4.69) is 10.5 Å². The molecule has 1 aliphatic carbocycles. The first-order valence-corrected chi connectivity index (χ1v) is 8.78. The number of benzene rings is 1. The van der Waals surface area contributed by atoms with Gasteiger partial charge < -0.3 is 14.6 Å². The van der Waals surface area contributed by atoms with Crippen molar-refractivity contribution < 1.29 is 18.4 Å². The van der Waals surface area contributed by atoms with Crippen LogP contribution in [-0.4, -0.2) is 17.1 Å². The molecule has 6 heteroatoms. The molecule has 1 N–H and O–H groups in total. The fourth-order valence-electron chi connectivity index (χ4n) is 3.10. The van der Waals surface area contributed by atoms with Crippen LogP contribution < -0.4 is 10.1 Å². The molecule has 0 atom stereocenters. The maximum absolute atomic E-state index is 13.0. The number of rotatable bonds is 5. The van der Waals surface area contributed by atoms with E-state index in [1.54, 1.807) is 19.1 Å². The van der Waals surface area contributed by atoms with Gasteiger partial charge in [-0.3, -0.25) is 4.79 Å². The van der Waals surface area contributed by atoms with Crippen LogP contribution in [0.4, 0.5) is 4.39 Å². The molecule has 0 saturated heterocycles. The van der Waals surface area contributed by atoms with Gasteiger partial charge in [-0.25, -0.2) is 4.39 Å². The minimum Gasteiger partial charge on any atom is -0.489 e. The predicted molar refractivity (Wildman–Crippen MR) is 90.9 cm³/mol. The molecular weight excluding hydrogens is 323 g/mol. The van der Waals surface area contributed by atoms with Gasteiger partial charge in [-0.15, -0.1) is 0 Å². The summed E-state index contributed by atoms with van der Waals surface area (Å²) in [7, 11) is 0. The third-order valence-corrected chi connectivity index (χ3v) is 4.59. The van der Waals surface area contributed by atoms with Gasteiger partial charge in [-0.05, 0) is 44.0 Å². The molecule has 1 aromatic heterocycles. The number of amides is 1. The maximum Gasteiger partial charge on any atom is 0.274 e. The first kappa shape index (κ1) is 17.5. The minimum atomic E-state index is -0.322. The van der Waals surface area contributed by atoms with Crippen LogP contribution in [0, 0.1) is 12.7 Å². The molecule has 1 saturated carbocycles. The highest BCUT2D eigenvalue weighted by Gasteiger charge is 2.23. The molecule has 0 bridgehead atoms. The van der Waals surface area contributed by atoms with Crippen molar-refractivity contribution in [2.45, 2.75) is 58.1 Å². The average molecular weight is 346 g/mol. The Morgan fingerprint density at radius 1 is 1.24 bits per heavy atom. The summed E-state index contributed by atoms with van der Waals surface area (Å²) in [5.74, 6) is 0.531. The normalized spacial score (nSPS) is 15.6. The van der Waals surface area contributed by atoms with E-state index in [0.717, 1.165) is 25.7 Å². The Balaban J connectivity index is 1.65. The highest BCUT2D eigenvalue weighted by atomic mass is 19.1. The topological polar surface area (TPSA) is 64.4 Å². The third kappa shape index (κ3) is 4.59.